The molecule has 27 heavy (non-hydrogen) atoms. The van der Waals surface area contributed by atoms with Crippen molar-refractivity contribution in [2.75, 3.05) is 31.6 Å². The van der Waals surface area contributed by atoms with Crippen LogP contribution >= 0.6 is 0 Å². The van der Waals surface area contributed by atoms with E-state index < -0.39 is 23.7 Å². The Bertz CT molecular complexity index is 693. The molecule has 0 spiro atoms. The van der Waals surface area contributed by atoms with E-state index in [-0.39, 0.29) is 24.3 Å². The number of benzene rings is 1. The number of halogens is 1. The van der Waals surface area contributed by atoms with E-state index in [1.165, 1.54) is 23.1 Å². The molecule has 1 aromatic rings. The third kappa shape index (κ3) is 5.09. The quantitative estimate of drug-likeness (QED) is 0.838. The molecule has 2 saturated heterocycles. The van der Waals surface area contributed by atoms with E-state index in [2.05, 4.69) is 5.32 Å². The number of aliphatic carboxylic acids is 1. The van der Waals surface area contributed by atoms with Crippen LogP contribution in [0.4, 0.5) is 14.9 Å². The molecular formula is C19H25FN2O5. The zero-order valence-electron chi connectivity index (χ0n) is 15.3. The summed E-state index contributed by atoms with van der Waals surface area (Å²) in [6.45, 7) is 3.73. The lowest BCUT2D eigenvalue weighted by Crippen LogP contribution is -2.47. The van der Waals surface area contributed by atoms with E-state index in [1.54, 1.807) is 0 Å². The zero-order chi connectivity index (χ0) is 19.4. The number of carboxylic acids is 1. The summed E-state index contributed by atoms with van der Waals surface area (Å²) >= 11 is 0. The summed E-state index contributed by atoms with van der Waals surface area (Å²) < 4.78 is 24.9. The smallest absolute Gasteiger partial charge is 0.321 e. The topological polar surface area (TPSA) is 88.1 Å². The van der Waals surface area contributed by atoms with Crippen LogP contribution in [0.3, 0.4) is 0 Å². The van der Waals surface area contributed by atoms with Gasteiger partial charge >= 0.3 is 12.0 Å². The number of hydrogen-bond donors (Lipinski definition) is 2. The van der Waals surface area contributed by atoms with Gasteiger partial charge in [-0.25, -0.2) is 9.18 Å². The van der Waals surface area contributed by atoms with Crippen LogP contribution in [0.2, 0.25) is 0 Å². The molecule has 1 aromatic carbocycles. The molecule has 2 atom stereocenters. The maximum Gasteiger partial charge on any atom is 0.321 e. The summed E-state index contributed by atoms with van der Waals surface area (Å²) in [6, 6.07) is 3.57. The Kier molecular flexibility index (Phi) is 6.15. The van der Waals surface area contributed by atoms with Crippen LogP contribution in [0, 0.1) is 17.7 Å². The fourth-order valence-electron chi connectivity index (χ4n) is 3.56. The third-order valence-corrected chi connectivity index (χ3v) is 4.94. The molecule has 0 aliphatic carbocycles. The molecule has 2 N–H and O–H groups in total. The minimum atomic E-state index is -0.898. The van der Waals surface area contributed by atoms with Gasteiger partial charge < -0.3 is 24.8 Å². The van der Waals surface area contributed by atoms with Gasteiger partial charge in [0.1, 0.15) is 17.7 Å². The Morgan fingerprint density at radius 3 is 2.74 bits per heavy atom. The lowest BCUT2D eigenvalue weighted by molar-refractivity contribution is -0.143. The first-order chi connectivity index (χ1) is 12.9. The van der Waals surface area contributed by atoms with Crippen molar-refractivity contribution < 1.29 is 28.6 Å². The van der Waals surface area contributed by atoms with Gasteiger partial charge in [-0.3, -0.25) is 4.79 Å². The molecule has 0 aromatic heterocycles. The van der Waals surface area contributed by atoms with Crippen molar-refractivity contribution in [1.82, 2.24) is 4.90 Å². The van der Waals surface area contributed by atoms with E-state index in [1.807, 2.05) is 6.92 Å². The van der Waals surface area contributed by atoms with Gasteiger partial charge in [0.15, 0.2) is 0 Å². The summed E-state index contributed by atoms with van der Waals surface area (Å²) in [5.41, 5.74) is 0.373. The average Bonchev–Trinajstić information content (AvgIpc) is 2.64. The Morgan fingerprint density at radius 2 is 2.04 bits per heavy atom. The second-order valence-corrected chi connectivity index (χ2v) is 7.28. The van der Waals surface area contributed by atoms with Gasteiger partial charge in [0.05, 0.1) is 24.8 Å². The van der Waals surface area contributed by atoms with Gasteiger partial charge in [-0.05, 0) is 24.5 Å². The second-order valence-electron chi connectivity index (χ2n) is 7.28. The number of carbonyl (C=O) groups is 2. The largest absolute Gasteiger partial charge is 0.488 e. The summed E-state index contributed by atoms with van der Waals surface area (Å²) in [5.74, 6) is -1.56. The summed E-state index contributed by atoms with van der Waals surface area (Å²) in [7, 11) is 0. The molecule has 2 heterocycles. The second kappa shape index (κ2) is 8.56. The molecule has 2 aliphatic rings. The third-order valence-electron chi connectivity index (χ3n) is 4.94. The van der Waals surface area contributed by atoms with Crippen LogP contribution in [-0.2, 0) is 9.53 Å². The number of amides is 2. The number of anilines is 1. The number of rotatable bonds is 4. The number of piperidine rings is 1. The van der Waals surface area contributed by atoms with Crippen molar-refractivity contribution in [2.24, 2.45) is 11.8 Å². The molecule has 7 nitrogen and oxygen atoms in total. The highest BCUT2D eigenvalue weighted by atomic mass is 19.1. The lowest BCUT2D eigenvalue weighted by Gasteiger charge is -2.34. The zero-order valence-corrected chi connectivity index (χ0v) is 15.3. The van der Waals surface area contributed by atoms with Gasteiger partial charge in [-0.1, -0.05) is 6.92 Å². The van der Waals surface area contributed by atoms with Crippen LogP contribution in [-0.4, -0.2) is 54.4 Å². The van der Waals surface area contributed by atoms with Crippen molar-refractivity contribution in [3.05, 3.63) is 24.0 Å². The van der Waals surface area contributed by atoms with Gasteiger partial charge in [0.2, 0.25) is 0 Å². The van der Waals surface area contributed by atoms with Crippen LogP contribution in [0.25, 0.3) is 0 Å². The Labute approximate surface area is 157 Å². The fraction of sp³-hybridized carbons (Fsp3) is 0.579. The number of carboxylic acid groups (broad SMARTS) is 1. The predicted octanol–water partition coefficient (Wildman–Crippen LogP) is 2.96. The first-order valence-electron chi connectivity index (χ1n) is 9.25. The van der Waals surface area contributed by atoms with E-state index in [9.17, 15) is 19.1 Å². The van der Waals surface area contributed by atoms with Crippen molar-refractivity contribution in [1.29, 1.82) is 0 Å². The van der Waals surface area contributed by atoms with Crippen LogP contribution < -0.4 is 10.1 Å². The molecule has 3 rings (SSSR count). The van der Waals surface area contributed by atoms with Crippen molar-refractivity contribution >= 4 is 17.7 Å². The Morgan fingerprint density at radius 1 is 1.30 bits per heavy atom. The molecule has 0 saturated carbocycles. The standard InChI is InChI=1S/C19H25FN2O5/c1-12-8-13(18(23)24)11-22(10-12)19(25)21-16-3-2-14(20)9-17(16)27-15-4-6-26-7-5-15/h2-3,9,12-13,15H,4-8,10-11H2,1H3,(H,21,25)(H,23,24). The molecule has 8 heteroatoms. The van der Waals surface area contributed by atoms with Gasteiger partial charge in [-0.2, -0.15) is 0 Å². The van der Waals surface area contributed by atoms with Gasteiger partial charge in [-0.15, -0.1) is 0 Å². The van der Waals surface area contributed by atoms with Crippen LogP contribution in [0.5, 0.6) is 5.75 Å². The summed E-state index contributed by atoms with van der Waals surface area (Å²) in [5, 5.41) is 12.0. The molecule has 148 valence electrons. The van der Waals surface area contributed by atoms with Crippen molar-refractivity contribution in [2.45, 2.75) is 32.3 Å². The molecule has 2 aliphatic heterocycles. The van der Waals surface area contributed by atoms with Crippen molar-refractivity contribution in [3.8, 4) is 5.75 Å². The number of urea groups is 1. The fourth-order valence-corrected chi connectivity index (χ4v) is 3.56. The highest BCUT2D eigenvalue weighted by Gasteiger charge is 2.32. The molecule has 2 fully saturated rings. The number of ether oxygens (including phenoxy) is 2. The Hall–Kier alpha value is -2.35. The molecule has 2 amide bonds. The van der Waals surface area contributed by atoms with Gasteiger partial charge in [0.25, 0.3) is 0 Å². The van der Waals surface area contributed by atoms with E-state index in [0.29, 0.717) is 44.7 Å². The minimum absolute atomic E-state index is 0.0942. The van der Waals surface area contributed by atoms with Crippen molar-refractivity contribution in [3.63, 3.8) is 0 Å². The summed E-state index contributed by atoms with van der Waals surface area (Å²) in [6.07, 6.45) is 1.86. The first kappa shape index (κ1) is 19.4. The molecule has 2 unspecified atom stereocenters. The van der Waals surface area contributed by atoms with E-state index in [4.69, 9.17) is 9.47 Å². The maximum absolute atomic E-state index is 13.7. The monoisotopic (exact) mass is 380 g/mol. The Balaban J connectivity index is 1.70. The summed E-state index contributed by atoms with van der Waals surface area (Å²) in [4.78, 5) is 25.5. The first-order valence-corrected chi connectivity index (χ1v) is 9.25. The van der Waals surface area contributed by atoms with Crippen LogP contribution in [0.1, 0.15) is 26.2 Å². The van der Waals surface area contributed by atoms with Crippen LogP contribution in [0.15, 0.2) is 18.2 Å². The average molecular weight is 380 g/mol. The molecular weight excluding hydrogens is 355 g/mol. The SMILES string of the molecule is CC1CC(C(=O)O)CN(C(=O)Nc2ccc(F)cc2OC2CCOCC2)C1. The minimum Gasteiger partial charge on any atom is -0.488 e. The molecule has 0 radical (unpaired) electrons. The highest BCUT2D eigenvalue weighted by Crippen LogP contribution is 2.29. The maximum atomic E-state index is 13.7. The molecule has 0 bridgehead atoms. The van der Waals surface area contributed by atoms with Gasteiger partial charge in [0, 0.05) is 32.0 Å². The predicted molar refractivity (Wildman–Crippen MR) is 96.4 cm³/mol. The number of carbonyl (C=O) groups excluding carboxylic acids is 1. The number of nitrogens with zero attached hydrogens (tertiary/aromatic N) is 1. The highest BCUT2D eigenvalue weighted by molar-refractivity contribution is 5.91. The lowest BCUT2D eigenvalue weighted by atomic mass is 9.91. The number of nitrogens with one attached hydrogen (secondary N) is 1. The van der Waals surface area contributed by atoms with E-state index >= 15 is 0 Å². The van der Waals surface area contributed by atoms with E-state index in [0.717, 1.165) is 0 Å². The number of likely N-dealkylation sites (tertiary alicyclic amines) is 1. The normalized spacial score (nSPS) is 23.7. The number of hydrogen-bond acceptors (Lipinski definition) is 4.